The normalized spacial score (nSPS) is 22.1. The number of anilines is 1. The highest BCUT2D eigenvalue weighted by Crippen LogP contribution is 2.35. The number of amidine groups is 1. The van der Waals surface area contributed by atoms with Gasteiger partial charge >= 0.3 is 0 Å². The Hall–Kier alpha value is -2.03. The average Bonchev–Trinajstić information content (AvgIpc) is 3.15. The number of amides is 1. The third-order valence-corrected chi connectivity index (χ3v) is 8.32. The maximum Gasteiger partial charge on any atom is 0.251 e. The van der Waals surface area contributed by atoms with Gasteiger partial charge < -0.3 is 10.6 Å². The highest BCUT2D eigenvalue weighted by Gasteiger charge is 2.42. The van der Waals surface area contributed by atoms with E-state index in [0.29, 0.717) is 22.3 Å². The van der Waals surface area contributed by atoms with Crippen molar-refractivity contribution in [3.63, 3.8) is 0 Å². The van der Waals surface area contributed by atoms with Gasteiger partial charge in [0.1, 0.15) is 0 Å². The summed E-state index contributed by atoms with van der Waals surface area (Å²) >= 11 is 7.34. The third kappa shape index (κ3) is 4.76. The Morgan fingerprint density at radius 1 is 1.21 bits per heavy atom. The van der Waals surface area contributed by atoms with Gasteiger partial charge in [0.25, 0.3) is 5.91 Å². The van der Waals surface area contributed by atoms with Crippen LogP contribution >= 0.6 is 23.4 Å². The topological polar surface area (TPSA) is 87.6 Å². The summed E-state index contributed by atoms with van der Waals surface area (Å²) in [6, 6.07) is 12.6. The Bertz CT molecular complexity index is 1080. The van der Waals surface area contributed by atoms with Crippen LogP contribution in [-0.4, -0.2) is 42.3 Å². The van der Waals surface area contributed by atoms with Gasteiger partial charge in [-0.3, -0.25) is 9.79 Å². The lowest BCUT2D eigenvalue weighted by atomic mass is 10.1. The first-order chi connectivity index (χ1) is 13.8. The van der Waals surface area contributed by atoms with Crippen LogP contribution in [0.3, 0.4) is 0 Å². The van der Waals surface area contributed by atoms with E-state index >= 15 is 0 Å². The Balaban J connectivity index is 1.42. The molecule has 9 heteroatoms. The molecule has 0 unspecified atom stereocenters. The van der Waals surface area contributed by atoms with Gasteiger partial charge in [0.05, 0.1) is 17.5 Å². The summed E-state index contributed by atoms with van der Waals surface area (Å²) in [6.45, 7) is 2.36. The second-order valence-electron chi connectivity index (χ2n) is 7.20. The number of carbonyl (C=O) groups excluding carboxylic acids is 1. The number of carbonyl (C=O) groups is 1. The van der Waals surface area contributed by atoms with Crippen LogP contribution < -0.4 is 10.6 Å². The Morgan fingerprint density at radius 2 is 1.97 bits per heavy atom. The van der Waals surface area contributed by atoms with Gasteiger partial charge in [0.2, 0.25) is 0 Å². The molecule has 1 amide bonds. The van der Waals surface area contributed by atoms with Crippen LogP contribution in [0.5, 0.6) is 0 Å². The van der Waals surface area contributed by atoms with E-state index in [0.717, 1.165) is 16.8 Å². The predicted molar refractivity (Wildman–Crippen MR) is 119 cm³/mol. The number of halogens is 1. The smallest absolute Gasteiger partial charge is 0.251 e. The molecule has 2 heterocycles. The number of nitrogens with zero attached hydrogens (tertiary/aromatic N) is 1. The lowest BCUT2D eigenvalue weighted by Gasteiger charge is -2.12. The molecule has 0 aliphatic carbocycles. The fraction of sp³-hybridized carbons (Fsp3) is 0.300. The Labute approximate surface area is 179 Å². The molecule has 0 radical (unpaired) electrons. The van der Waals surface area contributed by atoms with E-state index < -0.39 is 9.84 Å². The average molecular weight is 450 g/mol. The monoisotopic (exact) mass is 449 g/mol. The zero-order chi connectivity index (χ0) is 20.6. The zero-order valence-corrected chi connectivity index (χ0v) is 18.1. The number of hydrogen-bond acceptors (Lipinski definition) is 6. The number of hydrogen-bond donors (Lipinski definition) is 2. The van der Waals surface area contributed by atoms with Crippen LogP contribution in [-0.2, 0) is 16.4 Å². The molecule has 0 saturated carbocycles. The van der Waals surface area contributed by atoms with Crippen molar-refractivity contribution in [3.05, 3.63) is 64.2 Å². The molecule has 2 aliphatic heterocycles. The number of fused-ring (bicyclic) bond motifs is 1. The largest absolute Gasteiger partial charge is 0.348 e. The number of thioether (sulfide) groups is 1. The van der Waals surface area contributed by atoms with Crippen molar-refractivity contribution in [2.75, 3.05) is 16.8 Å². The van der Waals surface area contributed by atoms with Crippen molar-refractivity contribution >= 4 is 50.0 Å². The molecule has 2 aliphatic rings. The lowest BCUT2D eigenvalue weighted by Crippen LogP contribution is -2.23. The molecule has 6 nitrogen and oxygen atoms in total. The Morgan fingerprint density at radius 3 is 2.69 bits per heavy atom. The van der Waals surface area contributed by atoms with Crippen molar-refractivity contribution in [1.29, 1.82) is 0 Å². The molecule has 4 rings (SSSR count). The highest BCUT2D eigenvalue weighted by molar-refractivity contribution is 8.15. The van der Waals surface area contributed by atoms with E-state index in [1.807, 2.05) is 25.1 Å². The maximum atomic E-state index is 12.5. The molecular formula is C20H20ClN3O3S2. The minimum absolute atomic E-state index is 0.0198. The first-order valence-corrected chi connectivity index (χ1v) is 12.2. The van der Waals surface area contributed by atoms with Gasteiger partial charge in [-0.25, -0.2) is 8.42 Å². The standard InChI is InChI=1S/C20H20ClN3O3S2/c1-12-2-5-14(19(25)22-9-13-3-6-15(21)7-4-13)8-16(12)23-20-24-17-10-29(26,27)11-18(17)28-20/h2-8,17-18H,9-11H2,1H3,(H,22,25)(H,23,24)/t17-,18-/m1/s1. The van der Waals surface area contributed by atoms with Gasteiger partial charge in [-0.1, -0.05) is 41.6 Å². The van der Waals surface area contributed by atoms with Crippen molar-refractivity contribution in [2.45, 2.75) is 24.8 Å². The summed E-state index contributed by atoms with van der Waals surface area (Å²) in [4.78, 5) is 17.1. The molecular weight excluding hydrogens is 430 g/mol. The van der Waals surface area contributed by atoms with Gasteiger partial charge in [-0.2, -0.15) is 0 Å². The molecule has 152 valence electrons. The van der Waals surface area contributed by atoms with Crippen molar-refractivity contribution < 1.29 is 13.2 Å². The summed E-state index contributed by atoms with van der Waals surface area (Å²) in [7, 11) is -2.98. The van der Waals surface area contributed by atoms with Crippen LogP contribution in [0.4, 0.5) is 5.69 Å². The molecule has 2 N–H and O–H groups in total. The van der Waals surface area contributed by atoms with Crippen LogP contribution in [0, 0.1) is 6.92 Å². The summed E-state index contributed by atoms with van der Waals surface area (Å²) < 4.78 is 23.4. The van der Waals surface area contributed by atoms with E-state index in [2.05, 4.69) is 15.6 Å². The van der Waals surface area contributed by atoms with Crippen molar-refractivity contribution in [1.82, 2.24) is 5.32 Å². The second-order valence-corrected chi connectivity index (χ2v) is 11.0. The zero-order valence-electron chi connectivity index (χ0n) is 15.7. The fourth-order valence-electron chi connectivity index (χ4n) is 3.32. The van der Waals surface area contributed by atoms with Crippen molar-refractivity contribution in [3.8, 4) is 0 Å². The van der Waals surface area contributed by atoms with E-state index in [1.54, 1.807) is 24.3 Å². The first-order valence-electron chi connectivity index (χ1n) is 9.14. The summed E-state index contributed by atoms with van der Waals surface area (Å²) in [5.41, 5.74) is 3.27. The molecule has 0 spiro atoms. The predicted octanol–water partition coefficient (Wildman–Crippen LogP) is 3.26. The molecule has 2 aromatic carbocycles. The van der Waals surface area contributed by atoms with Gasteiger partial charge in [0, 0.05) is 28.1 Å². The first kappa shape index (κ1) is 20.3. The highest BCUT2D eigenvalue weighted by atomic mass is 35.5. The molecule has 2 atom stereocenters. The van der Waals surface area contributed by atoms with E-state index in [4.69, 9.17) is 11.6 Å². The molecule has 0 bridgehead atoms. The molecule has 1 fully saturated rings. The molecule has 0 aromatic heterocycles. The van der Waals surface area contributed by atoms with Gasteiger partial charge in [-0.15, -0.1) is 0 Å². The molecule has 29 heavy (non-hydrogen) atoms. The number of aryl methyl sites for hydroxylation is 1. The van der Waals surface area contributed by atoms with E-state index in [9.17, 15) is 13.2 Å². The lowest BCUT2D eigenvalue weighted by molar-refractivity contribution is 0.0951. The SMILES string of the molecule is Cc1ccc(C(=O)NCc2ccc(Cl)cc2)cc1NC1=N[C@@H]2CS(=O)(=O)C[C@H]2S1. The fourth-order valence-corrected chi connectivity index (χ4v) is 7.11. The van der Waals surface area contributed by atoms with Gasteiger partial charge in [-0.05, 0) is 42.3 Å². The third-order valence-electron chi connectivity index (χ3n) is 4.93. The summed E-state index contributed by atoms with van der Waals surface area (Å²) in [5, 5.41) is 7.51. The maximum absolute atomic E-state index is 12.5. The Kier molecular flexibility index (Phi) is 5.59. The van der Waals surface area contributed by atoms with Crippen LogP contribution in [0.15, 0.2) is 47.5 Å². The van der Waals surface area contributed by atoms with Crippen LogP contribution in [0.2, 0.25) is 5.02 Å². The number of nitrogens with one attached hydrogen (secondary N) is 2. The summed E-state index contributed by atoms with van der Waals surface area (Å²) in [5.74, 6) is 0.109. The quantitative estimate of drug-likeness (QED) is 0.748. The number of benzene rings is 2. The van der Waals surface area contributed by atoms with Crippen molar-refractivity contribution in [2.24, 2.45) is 4.99 Å². The number of rotatable bonds is 4. The number of aliphatic imine (C=N–C) groups is 1. The second kappa shape index (κ2) is 8.01. The van der Waals surface area contributed by atoms with Crippen LogP contribution in [0.25, 0.3) is 0 Å². The van der Waals surface area contributed by atoms with E-state index in [-0.39, 0.29) is 28.7 Å². The minimum atomic E-state index is -2.98. The van der Waals surface area contributed by atoms with Gasteiger partial charge in [0.15, 0.2) is 15.0 Å². The molecule has 2 aromatic rings. The van der Waals surface area contributed by atoms with Crippen LogP contribution in [0.1, 0.15) is 21.5 Å². The number of sulfone groups is 1. The van der Waals surface area contributed by atoms with E-state index in [1.165, 1.54) is 11.8 Å². The molecule has 1 saturated heterocycles. The summed E-state index contributed by atoms with van der Waals surface area (Å²) in [6.07, 6.45) is 0. The minimum Gasteiger partial charge on any atom is -0.348 e.